The van der Waals surface area contributed by atoms with Crippen molar-refractivity contribution in [1.29, 1.82) is 0 Å². The molecule has 0 atom stereocenters. The summed E-state index contributed by atoms with van der Waals surface area (Å²) in [6.45, 7) is 18.1. The molecule has 0 fully saturated rings. The van der Waals surface area contributed by atoms with Gasteiger partial charge in [0.15, 0.2) is 0 Å². The van der Waals surface area contributed by atoms with E-state index in [0.29, 0.717) is 0 Å². The smallest absolute Gasteiger partial charge is 0.0132 e. The van der Waals surface area contributed by atoms with Crippen molar-refractivity contribution < 1.29 is 0 Å². The molecular weight excluding hydrogens is 264 g/mol. The van der Waals surface area contributed by atoms with Gasteiger partial charge in [-0.05, 0) is 58.1 Å². The fourth-order valence-corrected chi connectivity index (χ4v) is 2.86. The molecule has 0 amide bonds. The van der Waals surface area contributed by atoms with Gasteiger partial charge in [0.1, 0.15) is 0 Å². The van der Waals surface area contributed by atoms with Crippen molar-refractivity contribution in [3.63, 3.8) is 0 Å². The van der Waals surface area contributed by atoms with Gasteiger partial charge in [-0.3, -0.25) is 0 Å². The van der Waals surface area contributed by atoms with E-state index in [1.54, 1.807) is 0 Å². The lowest BCUT2D eigenvalue weighted by Gasteiger charge is -2.23. The zero-order valence-electron chi connectivity index (χ0n) is 15.5. The topological polar surface area (TPSA) is 0 Å². The quantitative estimate of drug-likeness (QED) is 0.558. The molecule has 2 rings (SSSR count). The molecule has 2 aromatic carbocycles. The number of rotatable bonds is 1. The second-order valence-electron chi connectivity index (χ2n) is 8.56. The molecule has 0 saturated carbocycles. The minimum atomic E-state index is 0.203. The minimum absolute atomic E-state index is 0.203. The van der Waals surface area contributed by atoms with Gasteiger partial charge >= 0.3 is 0 Å². The third-order valence-electron chi connectivity index (χ3n) is 4.48. The Morgan fingerprint density at radius 3 is 1.09 bits per heavy atom. The van der Waals surface area contributed by atoms with Gasteiger partial charge in [0.25, 0.3) is 0 Å². The summed E-state index contributed by atoms with van der Waals surface area (Å²) in [4.78, 5) is 0. The molecule has 0 heterocycles. The predicted octanol–water partition coefficient (Wildman–Crippen LogP) is 6.57. The van der Waals surface area contributed by atoms with Crippen molar-refractivity contribution in [2.45, 2.75) is 66.2 Å². The van der Waals surface area contributed by atoms with Crippen molar-refractivity contribution in [3.8, 4) is 11.1 Å². The van der Waals surface area contributed by atoms with Crippen LogP contribution in [0.4, 0.5) is 0 Å². The van der Waals surface area contributed by atoms with Crippen LogP contribution >= 0.6 is 0 Å². The Hall–Kier alpha value is -1.56. The van der Waals surface area contributed by atoms with Gasteiger partial charge in [0.05, 0.1) is 0 Å². The van der Waals surface area contributed by atoms with Gasteiger partial charge in [-0.25, -0.2) is 0 Å². The lowest BCUT2D eigenvalue weighted by atomic mass is 9.82. The fraction of sp³-hybridized carbons (Fsp3) is 0.455. The second kappa shape index (κ2) is 5.57. The third-order valence-corrected chi connectivity index (χ3v) is 4.48. The van der Waals surface area contributed by atoms with Crippen molar-refractivity contribution in [1.82, 2.24) is 0 Å². The van der Waals surface area contributed by atoms with E-state index in [1.165, 1.54) is 33.4 Å². The molecule has 0 spiro atoms. The first-order valence-electron chi connectivity index (χ1n) is 8.23. The molecule has 0 aliphatic carbocycles. The van der Waals surface area contributed by atoms with Crippen LogP contribution in [-0.2, 0) is 10.8 Å². The van der Waals surface area contributed by atoms with Gasteiger partial charge in [0.2, 0.25) is 0 Å². The standard InChI is InChI=1S/C22H30/c1-15-13-17(21(3,4)5)9-11-19(15)20-12-10-18(14-16(20)2)22(6,7)8/h9-14H,1-8H3. The maximum atomic E-state index is 2.34. The summed E-state index contributed by atoms with van der Waals surface area (Å²) in [5.74, 6) is 0. The summed E-state index contributed by atoms with van der Waals surface area (Å²) in [6.07, 6.45) is 0. The van der Waals surface area contributed by atoms with E-state index < -0.39 is 0 Å². The number of hydrogen-bond acceptors (Lipinski definition) is 0. The summed E-state index contributed by atoms with van der Waals surface area (Å²) in [6, 6.07) is 13.8. The Labute approximate surface area is 136 Å². The lowest BCUT2D eigenvalue weighted by Crippen LogP contribution is -2.12. The van der Waals surface area contributed by atoms with E-state index in [1.807, 2.05) is 0 Å². The van der Waals surface area contributed by atoms with Crippen LogP contribution in [0, 0.1) is 13.8 Å². The van der Waals surface area contributed by atoms with Gasteiger partial charge in [-0.1, -0.05) is 77.9 Å². The second-order valence-corrected chi connectivity index (χ2v) is 8.56. The first kappa shape index (κ1) is 16.8. The Kier molecular flexibility index (Phi) is 4.26. The van der Waals surface area contributed by atoms with Gasteiger partial charge in [-0.2, -0.15) is 0 Å². The van der Waals surface area contributed by atoms with E-state index in [0.717, 1.165) is 0 Å². The molecule has 0 aromatic heterocycles. The highest BCUT2D eigenvalue weighted by Gasteiger charge is 2.17. The van der Waals surface area contributed by atoms with Crippen molar-refractivity contribution in [3.05, 3.63) is 58.7 Å². The summed E-state index contributed by atoms with van der Waals surface area (Å²) >= 11 is 0. The van der Waals surface area contributed by atoms with E-state index in [4.69, 9.17) is 0 Å². The lowest BCUT2D eigenvalue weighted by molar-refractivity contribution is 0.589. The van der Waals surface area contributed by atoms with Crippen molar-refractivity contribution in [2.24, 2.45) is 0 Å². The molecule has 2 aromatic rings. The summed E-state index contributed by atoms with van der Waals surface area (Å²) in [5.41, 5.74) is 8.63. The number of hydrogen-bond donors (Lipinski definition) is 0. The molecule has 0 aliphatic rings. The minimum Gasteiger partial charge on any atom is -0.0579 e. The number of benzene rings is 2. The average Bonchev–Trinajstić information content (AvgIpc) is 2.37. The van der Waals surface area contributed by atoms with Crippen LogP contribution in [0.15, 0.2) is 36.4 Å². The van der Waals surface area contributed by atoms with E-state index in [2.05, 4.69) is 91.8 Å². The van der Waals surface area contributed by atoms with Crippen molar-refractivity contribution in [2.75, 3.05) is 0 Å². The van der Waals surface area contributed by atoms with Crippen molar-refractivity contribution >= 4 is 0 Å². The normalized spacial score (nSPS) is 12.5. The summed E-state index contributed by atoms with van der Waals surface area (Å²) in [7, 11) is 0. The average molecular weight is 294 g/mol. The highest BCUT2D eigenvalue weighted by atomic mass is 14.2. The van der Waals surface area contributed by atoms with Gasteiger partial charge in [0, 0.05) is 0 Å². The Balaban J connectivity index is 2.49. The van der Waals surface area contributed by atoms with Crippen LogP contribution in [-0.4, -0.2) is 0 Å². The fourth-order valence-electron chi connectivity index (χ4n) is 2.86. The SMILES string of the molecule is Cc1cc(C(C)(C)C)ccc1-c1ccc(C(C)(C)C)cc1C. The zero-order valence-corrected chi connectivity index (χ0v) is 15.5. The molecule has 0 heteroatoms. The molecule has 0 unspecified atom stereocenters. The summed E-state index contributed by atoms with van der Waals surface area (Å²) in [5, 5.41) is 0. The molecule has 0 nitrogen and oxygen atoms in total. The van der Waals surface area contributed by atoms with Crippen LogP contribution in [0.2, 0.25) is 0 Å². The molecule has 118 valence electrons. The Morgan fingerprint density at radius 1 is 0.545 bits per heavy atom. The first-order chi connectivity index (χ1) is 10.00. The van der Waals surface area contributed by atoms with Crippen LogP contribution in [0.1, 0.15) is 63.8 Å². The Bertz CT molecular complexity index is 615. The van der Waals surface area contributed by atoms with Gasteiger partial charge in [-0.15, -0.1) is 0 Å². The highest BCUT2D eigenvalue weighted by molar-refractivity contribution is 5.71. The Morgan fingerprint density at radius 2 is 0.864 bits per heavy atom. The van der Waals surface area contributed by atoms with Crippen LogP contribution in [0.25, 0.3) is 11.1 Å². The van der Waals surface area contributed by atoms with E-state index in [9.17, 15) is 0 Å². The largest absolute Gasteiger partial charge is 0.0579 e. The third kappa shape index (κ3) is 3.43. The van der Waals surface area contributed by atoms with Crippen LogP contribution in [0.3, 0.4) is 0 Å². The molecular formula is C22H30. The predicted molar refractivity (Wildman–Crippen MR) is 98.8 cm³/mol. The van der Waals surface area contributed by atoms with E-state index in [-0.39, 0.29) is 10.8 Å². The van der Waals surface area contributed by atoms with E-state index >= 15 is 0 Å². The highest BCUT2D eigenvalue weighted by Crippen LogP contribution is 2.33. The monoisotopic (exact) mass is 294 g/mol. The molecule has 0 saturated heterocycles. The summed E-state index contributed by atoms with van der Waals surface area (Å²) < 4.78 is 0. The molecule has 0 N–H and O–H groups in total. The molecule has 0 bridgehead atoms. The maximum Gasteiger partial charge on any atom is -0.0132 e. The first-order valence-corrected chi connectivity index (χ1v) is 8.23. The number of aryl methyl sites for hydroxylation is 2. The molecule has 0 aliphatic heterocycles. The van der Waals surface area contributed by atoms with Crippen LogP contribution in [0.5, 0.6) is 0 Å². The zero-order chi connectivity index (χ0) is 16.7. The molecule has 0 radical (unpaired) electrons. The molecule has 22 heavy (non-hydrogen) atoms. The maximum absolute atomic E-state index is 2.34. The van der Waals surface area contributed by atoms with Crippen LogP contribution < -0.4 is 0 Å². The van der Waals surface area contributed by atoms with Gasteiger partial charge < -0.3 is 0 Å².